The number of aromatic nitrogens is 1. The predicted octanol–water partition coefficient (Wildman–Crippen LogP) is 7.24. The van der Waals surface area contributed by atoms with Gasteiger partial charge in [-0.25, -0.2) is 0 Å². The van der Waals surface area contributed by atoms with E-state index in [1.54, 1.807) is 10.6 Å². The third-order valence-corrected chi connectivity index (χ3v) is 7.44. The molecule has 0 unspecified atom stereocenters. The molecular weight excluding hydrogens is 537 g/mol. The summed E-state index contributed by atoms with van der Waals surface area (Å²) in [5.74, 6) is -0.0280. The van der Waals surface area contributed by atoms with Crippen LogP contribution in [0, 0.1) is 13.8 Å². The first-order valence-corrected chi connectivity index (χ1v) is 13.3. The van der Waals surface area contributed by atoms with E-state index in [1.165, 1.54) is 12.1 Å². The highest BCUT2D eigenvalue weighted by Crippen LogP contribution is 2.39. The highest BCUT2D eigenvalue weighted by atomic mass is 32.1. The molecule has 5 rings (SSSR count). The van der Waals surface area contributed by atoms with Gasteiger partial charge >= 0.3 is 6.18 Å². The summed E-state index contributed by atoms with van der Waals surface area (Å²) >= 11 is 5.39. The van der Waals surface area contributed by atoms with Gasteiger partial charge in [-0.2, -0.15) is 13.2 Å². The van der Waals surface area contributed by atoms with Crippen LogP contribution in [0.5, 0.6) is 5.88 Å². The quantitative estimate of drug-likeness (QED) is 0.197. The minimum Gasteiger partial charge on any atom is -0.493 e. The first-order chi connectivity index (χ1) is 19.1. The van der Waals surface area contributed by atoms with Gasteiger partial charge in [-0.05, 0) is 67.5 Å². The number of para-hydroxylation sites is 1. The summed E-state index contributed by atoms with van der Waals surface area (Å²) in [6, 6.07) is 18.8. The van der Waals surface area contributed by atoms with Gasteiger partial charge in [0.2, 0.25) is 11.0 Å². The van der Waals surface area contributed by atoms with Crippen molar-refractivity contribution in [1.29, 1.82) is 0 Å². The number of anilines is 2. The lowest BCUT2D eigenvalue weighted by molar-refractivity contribution is -0.137. The average molecular weight is 567 g/mol. The number of piperazine rings is 1. The van der Waals surface area contributed by atoms with Gasteiger partial charge in [-0.1, -0.05) is 36.4 Å². The van der Waals surface area contributed by atoms with Crippen LogP contribution in [0.1, 0.15) is 16.7 Å². The summed E-state index contributed by atoms with van der Waals surface area (Å²) in [7, 11) is 0. The van der Waals surface area contributed by atoms with Crippen LogP contribution in [0.3, 0.4) is 0 Å². The van der Waals surface area contributed by atoms with Crippen LogP contribution in [0.4, 0.5) is 30.2 Å². The first-order valence-electron chi connectivity index (χ1n) is 12.9. The number of hydrogen-bond acceptors (Lipinski definition) is 5. The molecule has 1 fully saturated rings. The Bertz CT molecular complexity index is 1570. The standard InChI is InChI=1S/C29H29F3N6OS/c1-19-7-5-11-24(20(19)2)33-28(40)35-34-26-23-10-3-4-12-25(23)38(27(26)39)18-36-13-15-37(16-14-36)22-9-6-8-21(17-22)29(30,31)32/h3-12,17,39H,13-16,18H2,1-2H3,(H,33,40). The second kappa shape index (κ2) is 11.3. The lowest BCUT2D eigenvalue weighted by atomic mass is 10.1. The van der Waals surface area contributed by atoms with Crippen molar-refractivity contribution in [3.63, 3.8) is 0 Å². The maximum absolute atomic E-state index is 13.2. The Kier molecular flexibility index (Phi) is 7.77. The Morgan fingerprint density at radius 3 is 2.45 bits per heavy atom. The van der Waals surface area contributed by atoms with Crippen LogP contribution in [0.25, 0.3) is 10.9 Å². The Hall–Kier alpha value is -3.96. The van der Waals surface area contributed by atoms with Gasteiger partial charge in [-0.15, -0.1) is 10.2 Å². The summed E-state index contributed by atoms with van der Waals surface area (Å²) in [4.78, 5) is 4.09. The van der Waals surface area contributed by atoms with E-state index >= 15 is 0 Å². The number of aryl methyl sites for hydroxylation is 1. The van der Waals surface area contributed by atoms with E-state index in [9.17, 15) is 18.3 Å². The molecule has 7 nitrogen and oxygen atoms in total. The maximum Gasteiger partial charge on any atom is 0.416 e. The van der Waals surface area contributed by atoms with E-state index in [0.29, 0.717) is 44.2 Å². The van der Waals surface area contributed by atoms with Crippen LogP contribution in [0.15, 0.2) is 77.0 Å². The molecule has 3 aromatic carbocycles. The average Bonchev–Trinajstić information content (AvgIpc) is 3.20. The Morgan fingerprint density at radius 1 is 0.975 bits per heavy atom. The van der Waals surface area contributed by atoms with Gasteiger partial charge in [0.25, 0.3) is 0 Å². The van der Waals surface area contributed by atoms with E-state index < -0.39 is 11.7 Å². The molecule has 0 amide bonds. The van der Waals surface area contributed by atoms with E-state index in [1.807, 2.05) is 61.2 Å². The molecule has 0 bridgehead atoms. The molecule has 0 atom stereocenters. The molecule has 0 aliphatic carbocycles. The molecule has 208 valence electrons. The van der Waals surface area contributed by atoms with Gasteiger partial charge in [0.05, 0.1) is 17.7 Å². The number of thiocarbonyl (C=S) groups is 1. The highest BCUT2D eigenvalue weighted by molar-refractivity contribution is 7.80. The minimum atomic E-state index is -4.38. The summed E-state index contributed by atoms with van der Waals surface area (Å²) in [6.07, 6.45) is -4.38. The molecule has 1 aliphatic rings. The molecule has 1 aliphatic heterocycles. The lowest BCUT2D eigenvalue weighted by Gasteiger charge is -2.36. The smallest absolute Gasteiger partial charge is 0.416 e. The van der Waals surface area contributed by atoms with Gasteiger partial charge in [0.15, 0.2) is 5.69 Å². The monoisotopic (exact) mass is 566 g/mol. The van der Waals surface area contributed by atoms with Crippen LogP contribution in [-0.2, 0) is 12.8 Å². The van der Waals surface area contributed by atoms with Gasteiger partial charge in [-0.3, -0.25) is 9.47 Å². The molecule has 2 heterocycles. The summed E-state index contributed by atoms with van der Waals surface area (Å²) in [5, 5.41) is 23.7. The number of hydrogen-bond donors (Lipinski definition) is 2. The Morgan fingerprint density at radius 2 is 1.70 bits per heavy atom. The van der Waals surface area contributed by atoms with Crippen molar-refractivity contribution in [1.82, 2.24) is 9.47 Å². The van der Waals surface area contributed by atoms with Crippen molar-refractivity contribution in [3.05, 3.63) is 83.4 Å². The number of azo groups is 1. The number of nitrogens with zero attached hydrogens (tertiary/aromatic N) is 5. The zero-order chi connectivity index (χ0) is 28.4. The number of halogens is 3. The van der Waals surface area contributed by atoms with Crippen molar-refractivity contribution in [2.75, 3.05) is 36.4 Å². The number of benzene rings is 3. The van der Waals surface area contributed by atoms with Gasteiger partial charge in [0, 0.05) is 42.9 Å². The third-order valence-electron chi connectivity index (χ3n) is 7.26. The predicted molar refractivity (Wildman–Crippen MR) is 155 cm³/mol. The van der Waals surface area contributed by atoms with Crippen LogP contribution >= 0.6 is 12.2 Å². The first kappa shape index (κ1) is 27.6. The van der Waals surface area contributed by atoms with Crippen molar-refractivity contribution >= 4 is 45.3 Å². The number of aromatic hydroxyl groups is 1. The van der Waals surface area contributed by atoms with Crippen molar-refractivity contribution < 1.29 is 18.3 Å². The molecule has 1 aromatic heterocycles. The highest BCUT2D eigenvalue weighted by Gasteiger charge is 2.31. The van der Waals surface area contributed by atoms with E-state index in [-0.39, 0.29) is 11.0 Å². The molecule has 0 saturated carbocycles. The maximum atomic E-state index is 13.2. The fraction of sp³-hybridized carbons (Fsp3) is 0.276. The zero-order valence-corrected chi connectivity index (χ0v) is 22.9. The molecular formula is C29H29F3N6OS. The van der Waals surface area contributed by atoms with Crippen LogP contribution in [-0.4, -0.2) is 45.9 Å². The molecule has 0 spiro atoms. The summed E-state index contributed by atoms with van der Waals surface area (Å²) in [5.41, 5.74) is 4.05. The summed E-state index contributed by atoms with van der Waals surface area (Å²) in [6.45, 7) is 6.76. The lowest BCUT2D eigenvalue weighted by Crippen LogP contribution is -2.46. The second-order valence-corrected chi connectivity index (χ2v) is 10.2. The van der Waals surface area contributed by atoms with Crippen molar-refractivity contribution in [2.24, 2.45) is 10.2 Å². The topological polar surface area (TPSA) is 68.4 Å². The molecule has 11 heteroatoms. The van der Waals surface area contributed by atoms with Gasteiger partial charge in [0.1, 0.15) is 0 Å². The SMILES string of the molecule is Cc1cccc(NC(=S)N=Nc2c(O)n(CN3CCN(c4cccc(C(F)(F)F)c4)CC3)c3ccccc23)c1C. The second-order valence-electron chi connectivity index (χ2n) is 9.79. The van der Waals surface area contributed by atoms with Crippen LogP contribution in [0.2, 0.25) is 0 Å². The van der Waals surface area contributed by atoms with Crippen molar-refractivity contribution in [3.8, 4) is 5.88 Å². The number of alkyl halides is 3. The third kappa shape index (κ3) is 5.80. The fourth-order valence-corrected chi connectivity index (χ4v) is 5.01. The van der Waals surface area contributed by atoms with Crippen molar-refractivity contribution in [2.45, 2.75) is 26.7 Å². The molecule has 4 aromatic rings. The van der Waals surface area contributed by atoms with E-state index in [0.717, 1.165) is 33.8 Å². The molecule has 40 heavy (non-hydrogen) atoms. The largest absolute Gasteiger partial charge is 0.493 e. The van der Waals surface area contributed by atoms with E-state index in [2.05, 4.69) is 20.4 Å². The molecule has 2 N–H and O–H groups in total. The molecule has 0 radical (unpaired) electrons. The minimum absolute atomic E-state index is 0.0280. The Balaban J connectivity index is 1.30. The number of fused-ring (bicyclic) bond motifs is 1. The van der Waals surface area contributed by atoms with Gasteiger partial charge < -0.3 is 15.3 Å². The number of nitrogens with one attached hydrogen (secondary N) is 1. The van der Waals surface area contributed by atoms with Crippen LogP contribution < -0.4 is 10.2 Å². The Labute approximate surface area is 235 Å². The summed E-state index contributed by atoms with van der Waals surface area (Å²) < 4.78 is 41.2. The zero-order valence-electron chi connectivity index (χ0n) is 22.1. The molecule has 1 saturated heterocycles. The fourth-order valence-electron chi connectivity index (χ4n) is 4.86. The van der Waals surface area contributed by atoms with E-state index in [4.69, 9.17) is 12.2 Å². The normalized spacial score (nSPS) is 14.8. The number of rotatable bonds is 5.